The molecule has 4 nitrogen and oxygen atoms in total. The van der Waals surface area contributed by atoms with E-state index in [4.69, 9.17) is 10.2 Å². The number of aliphatic hydroxyl groups excluding tert-OH is 1. The van der Waals surface area contributed by atoms with E-state index in [0.717, 1.165) is 12.2 Å². The molecule has 2 N–H and O–H groups in total. The lowest BCUT2D eigenvalue weighted by Crippen LogP contribution is -2.26. The quantitative estimate of drug-likeness (QED) is 0.441. The summed E-state index contributed by atoms with van der Waals surface area (Å²) < 4.78 is 4.53. The summed E-state index contributed by atoms with van der Waals surface area (Å²) in [6.07, 6.45) is -0.300. The van der Waals surface area contributed by atoms with Crippen molar-refractivity contribution >= 4 is 5.97 Å². The van der Waals surface area contributed by atoms with Crippen LogP contribution in [0.25, 0.3) is 0 Å². The van der Waals surface area contributed by atoms with Gasteiger partial charge in [0, 0.05) is 0 Å². The summed E-state index contributed by atoms with van der Waals surface area (Å²) in [6, 6.07) is 0. The molecule has 0 aliphatic rings. The second kappa shape index (κ2) is 4.65. The molecule has 0 aromatic heterocycles. The largest absolute Gasteiger partial charge is 0.479 e. The summed E-state index contributed by atoms with van der Waals surface area (Å²) in [6.45, 7) is 6.42. The van der Waals surface area contributed by atoms with Gasteiger partial charge in [-0.05, 0) is 6.08 Å². The summed E-state index contributed by atoms with van der Waals surface area (Å²) >= 11 is 0. The van der Waals surface area contributed by atoms with Gasteiger partial charge >= 0.3 is 5.97 Å². The van der Waals surface area contributed by atoms with Gasteiger partial charge in [-0.3, -0.25) is 0 Å². The molecule has 0 aromatic carbocycles. The standard InChI is InChI=1S/C7H10O4/c1-3-5(7(9)10)11-6(8)4-2/h3-6,8H,1-2H2,(H,9,10). The molecule has 0 saturated heterocycles. The number of carboxylic acids is 1. The van der Waals surface area contributed by atoms with Crippen LogP contribution in [0.5, 0.6) is 0 Å². The fourth-order valence-electron chi connectivity index (χ4n) is 0.420. The second-order valence-corrected chi connectivity index (χ2v) is 1.76. The maximum Gasteiger partial charge on any atom is 0.336 e. The van der Waals surface area contributed by atoms with Gasteiger partial charge < -0.3 is 14.9 Å². The average molecular weight is 158 g/mol. The van der Waals surface area contributed by atoms with Crippen LogP contribution in [0.15, 0.2) is 25.3 Å². The average Bonchev–Trinajstić information content (AvgIpc) is 1.99. The molecular weight excluding hydrogens is 148 g/mol. The zero-order valence-electron chi connectivity index (χ0n) is 5.93. The van der Waals surface area contributed by atoms with Crippen LogP contribution >= 0.6 is 0 Å². The maximum absolute atomic E-state index is 10.2. The molecule has 0 aromatic rings. The first kappa shape index (κ1) is 9.87. The van der Waals surface area contributed by atoms with Crippen LogP contribution in [-0.2, 0) is 9.53 Å². The molecule has 11 heavy (non-hydrogen) atoms. The Labute approximate surface area is 64.4 Å². The van der Waals surface area contributed by atoms with Crippen LogP contribution < -0.4 is 0 Å². The molecule has 2 unspecified atom stereocenters. The summed E-state index contributed by atoms with van der Waals surface area (Å²) in [7, 11) is 0. The molecule has 0 fully saturated rings. The zero-order chi connectivity index (χ0) is 8.85. The van der Waals surface area contributed by atoms with Crippen molar-refractivity contribution in [3.05, 3.63) is 25.3 Å². The number of aliphatic hydroxyl groups is 1. The van der Waals surface area contributed by atoms with Crippen molar-refractivity contribution in [2.45, 2.75) is 12.4 Å². The van der Waals surface area contributed by atoms with E-state index in [1.807, 2.05) is 0 Å². The van der Waals surface area contributed by atoms with Crippen molar-refractivity contribution in [3.63, 3.8) is 0 Å². The van der Waals surface area contributed by atoms with Crippen LogP contribution in [0.4, 0.5) is 0 Å². The molecule has 0 amide bonds. The Morgan fingerprint density at radius 2 is 2.00 bits per heavy atom. The number of aliphatic carboxylic acids is 1. The highest BCUT2D eigenvalue weighted by Gasteiger charge is 2.15. The number of rotatable bonds is 5. The third-order valence-electron chi connectivity index (χ3n) is 0.945. The Hall–Kier alpha value is -1.13. The van der Waals surface area contributed by atoms with E-state index in [-0.39, 0.29) is 0 Å². The van der Waals surface area contributed by atoms with Gasteiger partial charge in [0.05, 0.1) is 0 Å². The normalized spacial score (nSPS) is 15.0. The highest BCUT2D eigenvalue weighted by molar-refractivity contribution is 5.74. The third kappa shape index (κ3) is 3.54. The molecule has 0 bridgehead atoms. The van der Waals surface area contributed by atoms with Crippen molar-refractivity contribution in [2.24, 2.45) is 0 Å². The van der Waals surface area contributed by atoms with Gasteiger partial charge in [-0.15, -0.1) is 0 Å². The molecule has 0 aliphatic carbocycles. The first-order chi connectivity index (χ1) is 5.11. The van der Waals surface area contributed by atoms with Gasteiger partial charge in [0.1, 0.15) is 0 Å². The summed E-state index contributed by atoms with van der Waals surface area (Å²) in [4.78, 5) is 10.2. The second-order valence-electron chi connectivity index (χ2n) is 1.76. The van der Waals surface area contributed by atoms with Gasteiger partial charge in [-0.25, -0.2) is 4.79 Å². The Bertz CT molecular complexity index is 164. The molecule has 2 atom stereocenters. The predicted octanol–water partition coefficient (Wildman–Crippen LogP) is 0.147. The van der Waals surface area contributed by atoms with Crippen molar-refractivity contribution in [1.82, 2.24) is 0 Å². The van der Waals surface area contributed by atoms with Gasteiger partial charge in [0.15, 0.2) is 12.4 Å². The number of carbonyl (C=O) groups is 1. The van der Waals surface area contributed by atoms with E-state index in [9.17, 15) is 4.79 Å². The van der Waals surface area contributed by atoms with Gasteiger partial charge in [0.25, 0.3) is 0 Å². The summed E-state index contributed by atoms with van der Waals surface area (Å²) in [5.74, 6) is -1.19. The van der Waals surface area contributed by atoms with Crippen LogP contribution in [0.3, 0.4) is 0 Å². The van der Waals surface area contributed by atoms with Crippen LogP contribution in [0.1, 0.15) is 0 Å². The van der Waals surface area contributed by atoms with Crippen LogP contribution in [0.2, 0.25) is 0 Å². The first-order valence-electron chi connectivity index (χ1n) is 2.93. The van der Waals surface area contributed by atoms with Crippen molar-refractivity contribution in [3.8, 4) is 0 Å². The van der Waals surface area contributed by atoms with Gasteiger partial charge in [0.2, 0.25) is 0 Å². The van der Waals surface area contributed by atoms with E-state index < -0.39 is 18.4 Å². The SMILES string of the molecule is C=CC(O)OC(C=C)C(=O)O. The minimum Gasteiger partial charge on any atom is -0.479 e. The lowest BCUT2D eigenvalue weighted by molar-refractivity contribution is -0.159. The Morgan fingerprint density at radius 3 is 2.27 bits per heavy atom. The van der Waals surface area contributed by atoms with E-state index >= 15 is 0 Å². The van der Waals surface area contributed by atoms with Crippen molar-refractivity contribution in [2.75, 3.05) is 0 Å². The smallest absolute Gasteiger partial charge is 0.336 e. The van der Waals surface area contributed by atoms with E-state index in [1.54, 1.807) is 0 Å². The molecule has 0 spiro atoms. The minimum atomic E-state index is -1.27. The van der Waals surface area contributed by atoms with Crippen LogP contribution in [0, 0.1) is 0 Å². The van der Waals surface area contributed by atoms with E-state index in [2.05, 4.69) is 17.9 Å². The predicted molar refractivity (Wildman–Crippen MR) is 38.9 cm³/mol. The zero-order valence-corrected chi connectivity index (χ0v) is 5.93. The lowest BCUT2D eigenvalue weighted by Gasteiger charge is -2.11. The molecule has 4 heteroatoms. The lowest BCUT2D eigenvalue weighted by atomic mass is 10.3. The highest BCUT2D eigenvalue weighted by Crippen LogP contribution is 1.98. The van der Waals surface area contributed by atoms with Gasteiger partial charge in [-0.1, -0.05) is 19.2 Å². The maximum atomic E-state index is 10.2. The number of hydrogen-bond acceptors (Lipinski definition) is 3. The molecule has 0 heterocycles. The molecule has 0 saturated carbocycles. The monoisotopic (exact) mass is 158 g/mol. The molecule has 62 valence electrons. The van der Waals surface area contributed by atoms with Crippen LogP contribution in [-0.4, -0.2) is 28.6 Å². The number of ether oxygens (including phenoxy) is 1. The molecule has 0 rings (SSSR count). The fraction of sp³-hybridized carbons (Fsp3) is 0.286. The summed E-state index contributed by atoms with van der Waals surface area (Å²) in [5, 5.41) is 17.1. The number of hydrogen-bond donors (Lipinski definition) is 2. The van der Waals surface area contributed by atoms with Crippen molar-refractivity contribution < 1.29 is 19.7 Å². The molecule has 0 radical (unpaired) electrons. The Morgan fingerprint density at radius 1 is 1.45 bits per heavy atom. The Balaban J connectivity index is 3.97. The first-order valence-corrected chi connectivity index (χ1v) is 2.93. The highest BCUT2D eigenvalue weighted by atomic mass is 16.6. The third-order valence-corrected chi connectivity index (χ3v) is 0.945. The fourth-order valence-corrected chi connectivity index (χ4v) is 0.420. The van der Waals surface area contributed by atoms with Crippen molar-refractivity contribution in [1.29, 1.82) is 0 Å². The number of carboxylic acid groups (broad SMARTS) is 1. The van der Waals surface area contributed by atoms with Gasteiger partial charge in [-0.2, -0.15) is 0 Å². The topological polar surface area (TPSA) is 66.8 Å². The Kier molecular flexibility index (Phi) is 4.17. The van der Waals surface area contributed by atoms with E-state index in [1.165, 1.54) is 0 Å². The minimum absolute atomic E-state index is 1.08. The molecular formula is C7H10O4. The molecule has 0 aliphatic heterocycles. The van der Waals surface area contributed by atoms with E-state index in [0.29, 0.717) is 0 Å². The summed E-state index contributed by atoms with van der Waals surface area (Å²) in [5.41, 5.74) is 0.